The van der Waals surface area contributed by atoms with Crippen molar-refractivity contribution in [1.29, 1.82) is 0 Å². The molecule has 0 unspecified atom stereocenters. The van der Waals surface area contributed by atoms with Gasteiger partial charge in [-0.3, -0.25) is 14.5 Å². The second-order valence-corrected chi connectivity index (χ2v) is 8.37. The Morgan fingerprint density at radius 1 is 1.00 bits per heavy atom. The van der Waals surface area contributed by atoms with Crippen molar-refractivity contribution in [2.75, 3.05) is 18.4 Å². The summed E-state index contributed by atoms with van der Waals surface area (Å²) in [5.74, 6) is 0.540. The normalized spacial score (nSPS) is 15.9. The highest BCUT2D eigenvalue weighted by Crippen LogP contribution is 2.34. The third-order valence-corrected chi connectivity index (χ3v) is 5.62. The maximum absolute atomic E-state index is 12.7. The largest absolute Gasteiger partial charge is 0.348 e. The molecule has 2 amide bonds. The number of carbonyl (C=O) groups excluding carboxylic acids is 2. The van der Waals surface area contributed by atoms with Crippen LogP contribution in [0.4, 0.5) is 5.69 Å². The monoisotopic (exact) mass is 391 g/mol. The van der Waals surface area contributed by atoms with E-state index in [4.69, 9.17) is 0 Å². The number of hydrogen-bond donors (Lipinski definition) is 2. The van der Waals surface area contributed by atoms with Crippen molar-refractivity contribution >= 4 is 17.5 Å². The van der Waals surface area contributed by atoms with E-state index in [-0.39, 0.29) is 11.8 Å². The summed E-state index contributed by atoms with van der Waals surface area (Å²) < 4.78 is 0. The summed E-state index contributed by atoms with van der Waals surface area (Å²) in [6.45, 7) is 3.92. The van der Waals surface area contributed by atoms with Crippen LogP contribution in [0.1, 0.15) is 47.2 Å². The van der Waals surface area contributed by atoms with Crippen LogP contribution in [-0.4, -0.2) is 35.8 Å². The van der Waals surface area contributed by atoms with E-state index in [2.05, 4.69) is 15.5 Å². The number of anilines is 1. The van der Waals surface area contributed by atoms with Crippen LogP contribution in [0, 0.1) is 12.8 Å². The molecule has 4 rings (SSSR count). The quantitative estimate of drug-likeness (QED) is 0.685. The fraction of sp³-hybridized carbons (Fsp3) is 0.417. The summed E-state index contributed by atoms with van der Waals surface area (Å²) in [5.41, 5.74) is 3.30. The second-order valence-electron chi connectivity index (χ2n) is 8.37. The molecule has 152 valence electrons. The lowest BCUT2D eigenvalue weighted by Crippen LogP contribution is -2.36. The molecule has 0 spiro atoms. The lowest BCUT2D eigenvalue weighted by Gasteiger charge is -2.21. The van der Waals surface area contributed by atoms with E-state index in [0.29, 0.717) is 30.4 Å². The summed E-state index contributed by atoms with van der Waals surface area (Å²) in [5, 5.41) is 5.91. The first-order chi connectivity index (χ1) is 14.1. The molecule has 2 saturated carbocycles. The molecule has 2 N–H and O–H groups in total. The van der Waals surface area contributed by atoms with Gasteiger partial charge in [0, 0.05) is 19.1 Å². The molecular formula is C24H29N3O2. The van der Waals surface area contributed by atoms with Crippen molar-refractivity contribution in [3.63, 3.8) is 0 Å². The number of nitrogens with one attached hydrogen (secondary N) is 2. The van der Waals surface area contributed by atoms with Gasteiger partial charge in [-0.1, -0.05) is 42.0 Å². The molecule has 2 aromatic rings. The summed E-state index contributed by atoms with van der Waals surface area (Å²) in [6, 6.07) is 15.9. The molecule has 2 fully saturated rings. The predicted molar refractivity (Wildman–Crippen MR) is 115 cm³/mol. The summed E-state index contributed by atoms with van der Waals surface area (Å²) in [7, 11) is 0. The van der Waals surface area contributed by atoms with E-state index in [0.717, 1.165) is 18.0 Å². The van der Waals surface area contributed by atoms with E-state index in [9.17, 15) is 9.59 Å². The van der Waals surface area contributed by atoms with Crippen LogP contribution in [0.3, 0.4) is 0 Å². The van der Waals surface area contributed by atoms with Crippen LogP contribution in [0.5, 0.6) is 0 Å². The maximum Gasteiger partial charge on any atom is 0.253 e. The second kappa shape index (κ2) is 8.78. The van der Waals surface area contributed by atoms with Crippen molar-refractivity contribution in [3.05, 3.63) is 65.2 Å². The number of carbonyl (C=O) groups is 2. The van der Waals surface area contributed by atoms with Crippen LogP contribution in [-0.2, 0) is 11.3 Å². The minimum absolute atomic E-state index is 0.0451. The van der Waals surface area contributed by atoms with Crippen LogP contribution in [0.2, 0.25) is 0 Å². The van der Waals surface area contributed by atoms with Crippen molar-refractivity contribution in [3.8, 4) is 0 Å². The van der Waals surface area contributed by atoms with E-state index >= 15 is 0 Å². The molecule has 2 aliphatic carbocycles. The van der Waals surface area contributed by atoms with Gasteiger partial charge < -0.3 is 10.6 Å². The number of para-hydroxylation sites is 1. The van der Waals surface area contributed by atoms with Crippen molar-refractivity contribution in [2.45, 2.75) is 45.2 Å². The Morgan fingerprint density at radius 3 is 2.41 bits per heavy atom. The summed E-state index contributed by atoms with van der Waals surface area (Å²) in [6.07, 6.45) is 4.96. The van der Waals surface area contributed by atoms with Crippen molar-refractivity contribution in [1.82, 2.24) is 10.2 Å². The van der Waals surface area contributed by atoms with Gasteiger partial charge in [0.15, 0.2) is 0 Å². The maximum atomic E-state index is 12.7. The van der Waals surface area contributed by atoms with Gasteiger partial charge in [-0.25, -0.2) is 0 Å². The minimum Gasteiger partial charge on any atom is -0.348 e. The fourth-order valence-electron chi connectivity index (χ4n) is 3.56. The van der Waals surface area contributed by atoms with Gasteiger partial charge in [0.05, 0.1) is 17.8 Å². The summed E-state index contributed by atoms with van der Waals surface area (Å²) >= 11 is 0. The SMILES string of the molecule is Cc1ccc(CNC(=O)c2ccccc2NC(=O)CN(CC2CC2)C2CC2)cc1. The third kappa shape index (κ3) is 5.67. The Labute approximate surface area is 172 Å². The van der Waals surface area contributed by atoms with E-state index in [1.807, 2.05) is 43.3 Å². The zero-order valence-corrected chi connectivity index (χ0v) is 17.0. The first-order valence-electron chi connectivity index (χ1n) is 10.5. The molecule has 0 saturated heterocycles. The molecule has 0 aromatic heterocycles. The highest BCUT2D eigenvalue weighted by molar-refractivity contribution is 6.04. The lowest BCUT2D eigenvalue weighted by molar-refractivity contribution is -0.117. The van der Waals surface area contributed by atoms with Crippen LogP contribution >= 0.6 is 0 Å². The molecule has 0 atom stereocenters. The topological polar surface area (TPSA) is 61.4 Å². The molecule has 0 bridgehead atoms. The van der Waals surface area contributed by atoms with Crippen LogP contribution in [0.25, 0.3) is 0 Å². The highest BCUT2D eigenvalue weighted by atomic mass is 16.2. The smallest absolute Gasteiger partial charge is 0.253 e. The standard InChI is InChI=1S/C24H29N3O2/c1-17-6-8-18(9-7-17)14-25-24(29)21-4-2-3-5-22(21)26-23(28)16-27(20-12-13-20)15-19-10-11-19/h2-9,19-20H,10-16H2,1H3,(H,25,29)(H,26,28). The number of hydrogen-bond acceptors (Lipinski definition) is 3. The van der Waals surface area contributed by atoms with Gasteiger partial charge in [0.1, 0.15) is 0 Å². The van der Waals surface area contributed by atoms with E-state index in [1.165, 1.54) is 31.2 Å². The Kier molecular flexibility index (Phi) is 5.95. The fourth-order valence-corrected chi connectivity index (χ4v) is 3.56. The van der Waals surface area contributed by atoms with E-state index < -0.39 is 0 Å². The van der Waals surface area contributed by atoms with Gasteiger partial charge in [-0.15, -0.1) is 0 Å². The molecule has 0 radical (unpaired) electrons. The molecular weight excluding hydrogens is 362 g/mol. The van der Waals surface area contributed by atoms with Crippen molar-refractivity contribution in [2.24, 2.45) is 5.92 Å². The number of aryl methyl sites for hydroxylation is 1. The molecule has 29 heavy (non-hydrogen) atoms. The third-order valence-electron chi connectivity index (χ3n) is 5.62. The molecule has 2 aliphatic rings. The van der Waals surface area contributed by atoms with Crippen LogP contribution in [0.15, 0.2) is 48.5 Å². The Balaban J connectivity index is 1.35. The molecule has 5 nitrogen and oxygen atoms in total. The average Bonchev–Trinajstić information content (AvgIpc) is 3.61. The number of benzene rings is 2. The molecule has 2 aromatic carbocycles. The molecule has 0 aliphatic heterocycles. The first-order valence-corrected chi connectivity index (χ1v) is 10.5. The average molecular weight is 392 g/mol. The number of rotatable bonds is 9. The Bertz CT molecular complexity index is 870. The van der Waals surface area contributed by atoms with E-state index in [1.54, 1.807) is 12.1 Å². The highest BCUT2D eigenvalue weighted by Gasteiger charge is 2.34. The van der Waals surface area contributed by atoms with Gasteiger partial charge in [0.25, 0.3) is 5.91 Å². The Morgan fingerprint density at radius 2 is 1.72 bits per heavy atom. The Hall–Kier alpha value is -2.66. The van der Waals surface area contributed by atoms with Crippen LogP contribution < -0.4 is 10.6 Å². The number of amides is 2. The predicted octanol–water partition coefficient (Wildman–Crippen LogP) is 3.74. The van der Waals surface area contributed by atoms with Gasteiger partial charge in [-0.2, -0.15) is 0 Å². The first kappa shape index (κ1) is 19.6. The number of nitrogens with zero attached hydrogens (tertiary/aromatic N) is 1. The lowest BCUT2D eigenvalue weighted by atomic mass is 10.1. The van der Waals surface area contributed by atoms with Gasteiger partial charge in [0.2, 0.25) is 5.91 Å². The van der Waals surface area contributed by atoms with Gasteiger partial charge >= 0.3 is 0 Å². The molecule has 5 heteroatoms. The zero-order chi connectivity index (χ0) is 20.2. The molecule has 0 heterocycles. The summed E-state index contributed by atoms with van der Waals surface area (Å²) in [4.78, 5) is 27.7. The minimum atomic E-state index is -0.182. The van der Waals surface area contributed by atoms with Crippen molar-refractivity contribution < 1.29 is 9.59 Å². The van der Waals surface area contributed by atoms with Gasteiger partial charge in [-0.05, 0) is 56.2 Å². The zero-order valence-electron chi connectivity index (χ0n) is 17.0.